The summed E-state index contributed by atoms with van der Waals surface area (Å²) in [5.74, 6) is 3.22. The van der Waals surface area contributed by atoms with Gasteiger partial charge in [-0.3, -0.25) is 0 Å². The molecule has 1 radical (unpaired) electrons. The van der Waals surface area contributed by atoms with Crippen LogP contribution in [-0.4, -0.2) is 11.5 Å². The maximum Gasteiger partial charge on any atom is 0.00302 e. The topological polar surface area (TPSA) is 0 Å². The lowest BCUT2D eigenvalue weighted by molar-refractivity contribution is 0.593. The molecule has 1 unspecified atom stereocenters. The molecular weight excluding hydrogens is 176 g/mol. The average molecular weight is 197 g/mol. The standard InChI is InChI=1S/C12H21S/c1-4-13-9-8-12(10-13)7-5-6-11(2)3/h7-9,11,13H,1,4-6,10H2,2-3H3. The number of thiol groups is 1. The summed E-state index contributed by atoms with van der Waals surface area (Å²) in [5, 5.41) is 2.36. The molecule has 0 N–H and O–H groups in total. The predicted molar refractivity (Wildman–Crippen MR) is 65.4 cm³/mol. The highest BCUT2D eigenvalue weighted by molar-refractivity contribution is 8.20. The number of allylic oxidation sites excluding steroid dienone is 2. The fourth-order valence-electron chi connectivity index (χ4n) is 1.43. The predicted octanol–water partition coefficient (Wildman–Crippen LogP) is 3.71. The van der Waals surface area contributed by atoms with Crippen LogP contribution in [0.3, 0.4) is 0 Å². The average Bonchev–Trinajstić information content (AvgIpc) is 2.52. The smallest absolute Gasteiger partial charge is 0.00302 e. The molecule has 0 aromatic carbocycles. The molecule has 13 heavy (non-hydrogen) atoms. The Morgan fingerprint density at radius 2 is 2.38 bits per heavy atom. The first-order valence-corrected chi connectivity index (χ1v) is 6.91. The van der Waals surface area contributed by atoms with E-state index in [1.54, 1.807) is 5.57 Å². The lowest BCUT2D eigenvalue weighted by Gasteiger charge is -2.07. The van der Waals surface area contributed by atoms with Crippen molar-refractivity contribution in [1.82, 2.24) is 0 Å². The minimum atomic E-state index is 0.126. The number of hydrogen-bond donors (Lipinski definition) is 1. The van der Waals surface area contributed by atoms with Gasteiger partial charge in [0, 0.05) is 5.75 Å². The Labute approximate surface area is 85.5 Å². The minimum absolute atomic E-state index is 0.126. The van der Waals surface area contributed by atoms with Crippen molar-refractivity contribution in [2.24, 2.45) is 5.92 Å². The van der Waals surface area contributed by atoms with Gasteiger partial charge in [-0.2, -0.15) is 0 Å². The van der Waals surface area contributed by atoms with E-state index in [1.807, 2.05) is 0 Å². The van der Waals surface area contributed by atoms with Crippen molar-refractivity contribution in [3.8, 4) is 0 Å². The third kappa shape index (κ3) is 4.04. The van der Waals surface area contributed by atoms with Crippen molar-refractivity contribution in [1.29, 1.82) is 0 Å². The van der Waals surface area contributed by atoms with E-state index in [0.717, 1.165) is 11.7 Å². The maximum absolute atomic E-state index is 3.96. The fourth-order valence-corrected chi connectivity index (χ4v) is 2.95. The largest absolute Gasteiger partial charge is 0.229 e. The first-order valence-electron chi connectivity index (χ1n) is 5.13. The van der Waals surface area contributed by atoms with Crippen molar-refractivity contribution in [3.05, 3.63) is 30.1 Å². The molecular formula is C12H21S. The summed E-state index contributed by atoms with van der Waals surface area (Å²) in [7, 11) is 0.126. The zero-order valence-electron chi connectivity index (χ0n) is 8.79. The number of hydrogen-bond acceptors (Lipinski definition) is 0. The quantitative estimate of drug-likeness (QED) is 0.653. The van der Waals surface area contributed by atoms with Gasteiger partial charge in [0.2, 0.25) is 0 Å². The van der Waals surface area contributed by atoms with Crippen LogP contribution in [0.4, 0.5) is 0 Å². The van der Waals surface area contributed by atoms with Gasteiger partial charge < -0.3 is 0 Å². The minimum Gasteiger partial charge on any atom is -0.229 e. The van der Waals surface area contributed by atoms with E-state index < -0.39 is 0 Å². The second-order valence-corrected chi connectivity index (χ2v) is 6.28. The summed E-state index contributed by atoms with van der Waals surface area (Å²) in [5.41, 5.74) is 1.55. The van der Waals surface area contributed by atoms with Gasteiger partial charge in [-0.15, -0.1) is 0 Å². The zero-order chi connectivity index (χ0) is 9.68. The summed E-state index contributed by atoms with van der Waals surface area (Å²) >= 11 is 0. The van der Waals surface area contributed by atoms with Gasteiger partial charge >= 0.3 is 0 Å². The van der Waals surface area contributed by atoms with Crippen LogP contribution in [0.2, 0.25) is 0 Å². The Bertz CT molecular complexity index is 201. The maximum atomic E-state index is 3.96. The molecule has 0 aromatic heterocycles. The van der Waals surface area contributed by atoms with Crippen LogP contribution in [0, 0.1) is 12.8 Å². The molecule has 0 spiro atoms. The molecule has 75 valence electrons. The highest BCUT2D eigenvalue weighted by Crippen LogP contribution is 2.35. The SMILES string of the molecule is [CH2]C[SH]1C=CC(=CCCC(C)C)C1. The molecule has 0 fully saturated rings. The van der Waals surface area contributed by atoms with Gasteiger partial charge in [-0.25, -0.2) is 10.9 Å². The third-order valence-electron chi connectivity index (χ3n) is 2.32. The van der Waals surface area contributed by atoms with Crippen LogP contribution in [0.25, 0.3) is 0 Å². The van der Waals surface area contributed by atoms with Crippen LogP contribution in [0.15, 0.2) is 23.1 Å². The summed E-state index contributed by atoms with van der Waals surface area (Å²) in [6.45, 7) is 8.53. The number of rotatable bonds is 4. The van der Waals surface area contributed by atoms with Gasteiger partial charge in [0.1, 0.15) is 0 Å². The lowest BCUT2D eigenvalue weighted by Crippen LogP contribution is -1.87. The van der Waals surface area contributed by atoms with Crippen molar-refractivity contribution >= 4 is 10.9 Å². The molecule has 0 aliphatic carbocycles. The Morgan fingerprint density at radius 1 is 1.62 bits per heavy atom. The van der Waals surface area contributed by atoms with E-state index in [9.17, 15) is 0 Å². The highest BCUT2D eigenvalue weighted by Gasteiger charge is 2.06. The third-order valence-corrected chi connectivity index (χ3v) is 4.24. The van der Waals surface area contributed by atoms with Crippen molar-refractivity contribution < 1.29 is 0 Å². The Balaban J connectivity index is 2.26. The molecule has 0 nitrogen and oxygen atoms in total. The molecule has 1 aliphatic heterocycles. The van der Waals surface area contributed by atoms with Crippen LogP contribution in [0.5, 0.6) is 0 Å². The van der Waals surface area contributed by atoms with Gasteiger partial charge in [0.15, 0.2) is 0 Å². The van der Waals surface area contributed by atoms with Crippen LogP contribution >= 0.6 is 10.9 Å². The van der Waals surface area contributed by atoms with E-state index in [2.05, 4.69) is 38.3 Å². The normalized spacial score (nSPS) is 27.7. The Hall–Kier alpha value is -0.170. The first-order chi connectivity index (χ1) is 6.22. The van der Waals surface area contributed by atoms with E-state index in [-0.39, 0.29) is 10.9 Å². The lowest BCUT2D eigenvalue weighted by atomic mass is 10.1. The molecule has 0 aromatic rings. The summed E-state index contributed by atoms with van der Waals surface area (Å²) in [4.78, 5) is 0. The highest BCUT2D eigenvalue weighted by atomic mass is 32.2. The van der Waals surface area contributed by atoms with Gasteiger partial charge in [-0.1, -0.05) is 26.0 Å². The van der Waals surface area contributed by atoms with Crippen molar-refractivity contribution in [2.75, 3.05) is 11.5 Å². The van der Waals surface area contributed by atoms with Gasteiger partial charge in [0.25, 0.3) is 0 Å². The summed E-state index contributed by atoms with van der Waals surface area (Å²) in [6, 6.07) is 0. The van der Waals surface area contributed by atoms with E-state index >= 15 is 0 Å². The van der Waals surface area contributed by atoms with Gasteiger partial charge in [-0.05, 0) is 42.4 Å². The van der Waals surface area contributed by atoms with Crippen LogP contribution < -0.4 is 0 Å². The molecule has 0 amide bonds. The monoisotopic (exact) mass is 197 g/mol. The molecule has 1 aliphatic rings. The van der Waals surface area contributed by atoms with Crippen LogP contribution in [-0.2, 0) is 0 Å². The molecule has 0 saturated carbocycles. The molecule has 1 atom stereocenters. The Morgan fingerprint density at radius 3 is 2.92 bits per heavy atom. The van der Waals surface area contributed by atoms with Crippen molar-refractivity contribution in [2.45, 2.75) is 26.7 Å². The van der Waals surface area contributed by atoms with E-state index in [1.165, 1.54) is 18.6 Å². The van der Waals surface area contributed by atoms with Crippen molar-refractivity contribution in [3.63, 3.8) is 0 Å². The molecule has 0 bridgehead atoms. The summed E-state index contributed by atoms with van der Waals surface area (Å²) in [6.07, 6.45) is 7.28. The second-order valence-electron chi connectivity index (χ2n) is 4.04. The van der Waals surface area contributed by atoms with E-state index in [0.29, 0.717) is 0 Å². The molecule has 1 heteroatoms. The first kappa shape index (κ1) is 10.9. The second kappa shape index (κ2) is 5.54. The summed E-state index contributed by atoms with van der Waals surface area (Å²) < 4.78 is 0. The van der Waals surface area contributed by atoms with Crippen LogP contribution in [0.1, 0.15) is 26.7 Å². The molecule has 1 rings (SSSR count). The molecule has 1 heterocycles. The Kier molecular flexibility index (Phi) is 4.65. The van der Waals surface area contributed by atoms with Gasteiger partial charge in [0.05, 0.1) is 0 Å². The van der Waals surface area contributed by atoms with E-state index in [4.69, 9.17) is 0 Å². The zero-order valence-corrected chi connectivity index (χ0v) is 9.69. The molecule has 0 saturated heterocycles. The fraction of sp³-hybridized carbons (Fsp3) is 0.583.